The van der Waals surface area contributed by atoms with Crippen molar-refractivity contribution in [3.63, 3.8) is 0 Å². The van der Waals surface area contributed by atoms with Gasteiger partial charge in [0.05, 0.1) is 0 Å². The van der Waals surface area contributed by atoms with E-state index < -0.39 is 0 Å². The molecule has 248 valence electrons. The number of nitrogens with zero attached hydrogens (tertiary/aromatic N) is 2. The molecule has 1 aliphatic carbocycles. The lowest BCUT2D eigenvalue weighted by atomic mass is 9.81. The quantitative estimate of drug-likeness (QED) is 0.138. The second kappa shape index (κ2) is 12.8. The minimum Gasteiger partial charge on any atom is -0.282 e. The second-order valence-corrected chi connectivity index (χ2v) is 14.9. The molecule has 0 spiro atoms. The van der Waals surface area contributed by atoms with Gasteiger partial charge in [-0.3, -0.25) is 5.41 Å². The molecule has 7 aromatic carbocycles. The van der Waals surface area contributed by atoms with Gasteiger partial charge in [-0.15, -0.1) is 11.3 Å². The van der Waals surface area contributed by atoms with Gasteiger partial charge in [-0.05, 0) is 74.8 Å². The highest BCUT2D eigenvalue weighted by Crippen LogP contribution is 2.49. The monoisotopic (exact) mass is 685 g/mol. The lowest BCUT2D eigenvalue weighted by Crippen LogP contribution is -2.14. The molecule has 0 atom stereocenters. The highest BCUT2D eigenvalue weighted by molar-refractivity contribution is 7.25. The molecular weight excluding hydrogens is 651 g/mol. The van der Waals surface area contributed by atoms with Crippen LogP contribution in [0.5, 0.6) is 0 Å². The molecule has 1 heterocycles. The van der Waals surface area contributed by atoms with E-state index in [0.29, 0.717) is 5.84 Å². The Kier molecular flexibility index (Phi) is 7.83. The molecule has 0 radical (unpaired) electrons. The molecule has 8 aromatic rings. The molecule has 4 heteroatoms. The first kappa shape index (κ1) is 31.7. The van der Waals surface area contributed by atoms with Crippen LogP contribution in [0.15, 0.2) is 174 Å². The van der Waals surface area contributed by atoms with E-state index in [1.54, 1.807) is 11.3 Å². The predicted molar refractivity (Wildman–Crippen MR) is 222 cm³/mol. The Morgan fingerprint density at radius 3 is 2.06 bits per heavy atom. The number of thiophene rings is 1. The fraction of sp³-hybridized carbons (Fsp3) is 0.0625. The van der Waals surface area contributed by atoms with Crippen molar-refractivity contribution in [1.82, 2.24) is 0 Å². The molecule has 9 rings (SSSR count). The average molecular weight is 686 g/mol. The molecule has 0 saturated heterocycles. The zero-order chi connectivity index (χ0) is 35.2. The van der Waals surface area contributed by atoms with Gasteiger partial charge in [0.1, 0.15) is 0 Å². The number of amidine groups is 2. The summed E-state index contributed by atoms with van der Waals surface area (Å²) in [6.45, 7) is 4.62. The van der Waals surface area contributed by atoms with Crippen molar-refractivity contribution in [3.05, 3.63) is 192 Å². The third-order valence-corrected chi connectivity index (χ3v) is 11.4. The van der Waals surface area contributed by atoms with E-state index in [4.69, 9.17) is 15.4 Å². The number of nitrogens with one attached hydrogen (secondary N) is 1. The van der Waals surface area contributed by atoms with Crippen LogP contribution >= 0.6 is 11.3 Å². The third kappa shape index (κ3) is 5.58. The minimum atomic E-state index is -0.0874. The fourth-order valence-corrected chi connectivity index (χ4v) is 8.68. The lowest BCUT2D eigenvalue weighted by Gasteiger charge is -2.22. The second-order valence-electron chi connectivity index (χ2n) is 13.8. The van der Waals surface area contributed by atoms with Crippen molar-refractivity contribution in [1.29, 1.82) is 5.41 Å². The summed E-state index contributed by atoms with van der Waals surface area (Å²) < 4.78 is 2.45. The largest absolute Gasteiger partial charge is 0.282 e. The number of benzene rings is 7. The highest BCUT2D eigenvalue weighted by atomic mass is 32.1. The summed E-state index contributed by atoms with van der Waals surface area (Å²) in [6.07, 6.45) is 1.92. The first-order valence-electron chi connectivity index (χ1n) is 17.6. The average Bonchev–Trinajstić information content (AvgIpc) is 3.69. The van der Waals surface area contributed by atoms with Gasteiger partial charge in [0.25, 0.3) is 0 Å². The van der Waals surface area contributed by atoms with Gasteiger partial charge in [-0.1, -0.05) is 147 Å². The lowest BCUT2D eigenvalue weighted by molar-refractivity contribution is 0.660. The molecule has 0 saturated carbocycles. The highest BCUT2D eigenvalue weighted by Gasteiger charge is 2.35. The Balaban J connectivity index is 1.14. The Bertz CT molecular complexity index is 2720. The van der Waals surface area contributed by atoms with Crippen molar-refractivity contribution >= 4 is 49.4 Å². The molecular formula is C48H35N3S. The Morgan fingerprint density at radius 1 is 0.558 bits per heavy atom. The fourth-order valence-electron chi connectivity index (χ4n) is 7.56. The number of fused-ring (bicyclic) bond motifs is 6. The topological polar surface area (TPSA) is 48.6 Å². The zero-order valence-electron chi connectivity index (χ0n) is 29.0. The summed E-state index contributed by atoms with van der Waals surface area (Å²) in [4.78, 5) is 9.94. The number of aliphatic imine (C=N–C) groups is 2. The maximum absolute atomic E-state index is 8.96. The summed E-state index contributed by atoms with van der Waals surface area (Å²) in [7, 11) is 0. The smallest absolute Gasteiger partial charge is 0.161 e. The van der Waals surface area contributed by atoms with Gasteiger partial charge in [0.15, 0.2) is 11.7 Å². The summed E-state index contributed by atoms with van der Waals surface area (Å²) in [5, 5.41) is 11.3. The normalized spacial score (nSPS) is 13.5. The van der Waals surface area contributed by atoms with Gasteiger partial charge in [0, 0.05) is 48.5 Å². The molecule has 0 fully saturated rings. The summed E-state index contributed by atoms with van der Waals surface area (Å²) >= 11 is 1.80. The maximum Gasteiger partial charge on any atom is 0.161 e. The summed E-state index contributed by atoms with van der Waals surface area (Å²) in [5.41, 5.74) is 12.5. The van der Waals surface area contributed by atoms with Crippen LogP contribution < -0.4 is 0 Å². The van der Waals surface area contributed by atoms with Crippen LogP contribution in [0.3, 0.4) is 0 Å². The SMILES string of the molecule is CC1(C)c2ccccc2-c2ccc(-c3cccc(C(N=Cc4cccc5sc6ccc(-c7ccccc7)cc6c45)=NC(=N)c4ccccc4)c3)cc21. The molecule has 1 N–H and O–H groups in total. The standard InChI is InChI=1S/C48H35N3S/c1-48(2)41-21-10-9-20-38(41)39-25-23-35(29-42(39)48)33-17-11-18-36(27-33)47(51-46(49)32-15-7-4-8-16-32)50-30-37-19-12-22-44-45(37)40-28-34(24-26-43(40)52-44)31-13-5-3-6-14-31/h3-30,49H,1-2H3. The van der Waals surface area contributed by atoms with Crippen molar-refractivity contribution in [2.45, 2.75) is 19.3 Å². The van der Waals surface area contributed by atoms with E-state index in [9.17, 15) is 0 Å². The van der Waals surface area contributed by atoms with Gasteiger partial charge < -0.3 is 0 Å². The van der Waals surface area contributed by atoms with Crippen LogP contribution in [0, 0.1) is 5.41 Å². The van der Waals surface area contributed by atoms with Crippen LogP contribution in [-0.4, -0.2) is 17.9 Å². The molecule has 1 aliphatic rings. The predicted octanol–water partition coefficient (Wildman–Crippen LogP) is 12.6. The van der Waals surface area contributed by atoms with E-state index in [2.05, 4.69) is 141 Å². The maximum atomic E-state index is 8.96. The van der Waals surface area contributed by atoms with E-state index in [0.717, 1.165) is 27.8 Å². The minimum absolute atomic E-state index is 0.0874. The third-order valence-electron chi connectivity index (χ3n) is 10.3. The zero-order valence-corrected chi connectivity index (χ0v) is 29.8. The van der Waals surface area contributed by atoms with Crippen LogP contribution in [0.4, 0.5) is 0 Å². The summed E-state index contributed by atoms with van der Waals surface area (Å²) in [6, 6.07) is 57.2. The molecule has 0 aliphatic heterocycles. The van der Waals surface area contributed by atoms with Gasteiger partial charge >= 0.3 is 0 Å². The van der Waals surface area contributed by atoms with E-state index in [-0.39, 0.29) is 11.3 Å². The summed E-state index contributed by atoms with van der Waals surface area (Å²) in [5.74, 6) is 0.660. The van der Waals surface area contributed by atoms with Gasteiger partial charge in [-0.25, -0.2) is 9.98 Å². The van der Waals surface area contributed by atoms with Crippen LogP contribution in [0.1, 0.15) is 41.7 Å². The first-order valence-corrected chi connectivity index (χ1v) is 18.4. The number of rotatable bonds is 5. The number of hydrogen-bond acceptors (Lipinski definition) is 2. The molecule has 0 amide bonds. The van der Waals surface area contributed by atoms with Crippen molar-refractivity contribution in [2.75, 3.05) is 0 Å². The Hall–Kier alpha value is -6.23. The Morgan fingerprint density at radius 2 is 1.21 bits per heavy atom. The molecule has 52 heavy (non-hydrogen) atoms. The van der Waals surface area contributed by atoms with Crippen LogP contribution in [-0.2, 0) is 5.41 Å². The first-order chi connectivity index (χ1) is 25.4. The van der Waals surface area contributed by atoms with E-state index >= 15 is 0 Å². The van der Waals surface area contributed by atoms with Crippen LogP contribution in [0.2, 0.25) is 0 Å². The van der Waals surface area contributed by atoms with Gasteiger partial charge in [0.2, 0.25) is 0 Å². The van der Waals surface area contributed by atoms with Gasteiger partial charge in [-0.2, -0.15) is 0 Å². The molecule has 0 bridgehead atoms. The molecule has 3 nitrogen and oxygen atoms in total. The van der Waals surface area contributed by atoms with Crippen molar-refractivity contribution < 1.29 is 0 Å². The van der Waals surface area contributed by atoms with Crippen molar-refractivity contribution in [3.8, 4) is 33.4 Å². The Labute approximate surface area is 307 Å². The van der Waals surface area contributed by atoms with Crippen molar-refractivity contribution in [2.24, 2.45) is 9.98 Å². The van der Waals surface area contributed by atoms with E-state index in [1.165, 1.54) is 53.6 Å². The number of hydrogen-bond donors (Lipinski definition) is 1. The van der Waals surface area contributed by atoms with Crippen LogP contribution in [0.25, 0.3) is 53.6 Å². The molecule has 1 aromatic heterocycles. The van der Waals surface area contributed by atoms with E-state index in [1.807, 2.05) is 42.6 Å². The molecule has 0 unspecified atom stereocenters.